The van der Waals surface area contributed by atoms with Gasteiger partial charge in [-0.3, -0.25) is 10.1 Å². The average Bonchev–Trinajstić information content (AvgIpc) is 3.02. The number of thiazole rings is 1. The van der Waals surface area contributed by atoms with Crippen LogP contribution in [0, 0.1) is 0 Å². The number of aromatic nitrogens is 1. The van der Waals surface area contributed by atoms with E-state index in [4.69, 9.17) is 12.2 Å². The van der Waals surface area contributed by atoms with Crippen LogP contribution in [0.25, 0.3) is 21.0 Å². The molecule has 4 aromatic rings. The highest BCUT2D eigenvalue weighted by molar-refractivity contribution is 7.80. The van der Waals surface area contributed by atoms with Crippen LogP contribution in [0.5, 0.6) is 5.75 Å². The fourth-order valence-electron chi connectivity index (χ4n) is 2.69. The highest BCUT2D eigenvalue weighted by atomic mass is 32.1. The van der Waals surface area contributed by atoms with E-state index in [-0.39, 0.29) is 16.8 Å². The van der Waals surface area contributed by atoms with Gasteiger partial charge in [0.2, 0.25) is 0 Å². The van der Waals surface area contributed by atoms with Crippen LogP contribution < -0.4 is 10.6 Å². The molecule has 0 saturated heterocycles. The van der Waals surface area contributed by atoms with Crippen LogP contribution >= 0.6 is 23.6 Å². The monoisotopic (exact) mass is 379 g/mol. The normalized spacial score (nSPS) is 10.8. The van der Waals surface area contributed by atoms with Crippen LogP contribution in [-0.4, -0.2) is 21.1 Å². The maximum Gasteiger partial charge on any atom is 0.258 e. The second-order valence-corrected chi connectivity index (χ2v) is 7.04. The van der Waals surface area contributed by atoms with Crippen LogP contribution in [-0.2, 0) is 0 Å². The fraction of sp³-hybridized carbons (Fsp3) is 0. The molecular formula is C19H13N3O2S2. The van der Waals surface area contributed by atoms with Gasteiger partial charge in [0.25, 0.3) is 5.91 Å². The zero-order chi connectivity index (χ0) is 18.1. The summed E-state index contributed by atoms with van der Waals surface area (Å²) in [6.45, 7) is 0. The lowest BCUT2D eigenvalue weighted by molar-refractivity contribution is 0.0979. The number of phenolic OH excluding ortho intramolecular Hbond substituents is 1. The van der Waals surface area contributed by atoms with Gasteiger partial charge in [-0.25, -0.2) is 4.98 Å². The van der Waals surface area contributed by atoms with Gasteiger partial charge in [0, 0.05) is 5.56 Å². The van der Waals surface area contributed by atoms with Gasteiger partial charge in [-0.15, -0.1) is 0 Å². The van der Waals surface area contributed by atoms with Gasteiger partial charge in [-0.05, 0) is 47.3 Å². The molecule has 1 heterocycles. The highest BCUT2D eigenvalue weighted by Crippen LogP contribution is 2.28. The number of anilines is 1. The minimum Gasteiger partial charge on any atom is -0.508 e. The first-order chi connectivity index (χ1) is 12.6. The number of thiocarbonyl (C=S) groups is 1. The van der Waals surface area contributed by atoms with Crippen molar-refractivity contribution < 1.29 is 9.90 Å². The Morgan fingerprint density at radius 1 is 1.08 bits per heavy atom. The second-order valence-electron chi connectivity index (χ2n) is 5.61. The van der Waals surface area contributed by atoms with E-state index >= 15 is 0 Å². The van der Waals surface area contributed by atoms with Crippen LogP contribution in [0.1, 0.15) is 10.4 Å². The largest absolute Gasteiger partial charge is 0.508 e. The summed E-state index contributed by atoms with van der Waals surface area (Å²) in [5.74, 6) is -0.0995. The Hall–Kier alpha value is -3.03. The Bertz CT molecular complexity index is 1150. The lowest BCUT2D eigenvalue weighted by Crippen LogP contribution is -2.34. The first kappa shape index (κ1) is 16.4. The number of fused-ring (bicyclic) bond motifs is 2. The van der Waals surface area contributed by atoms with E-state index in [1.807, 2.05) is 36.4 Å². The summed E-state index contributed by atoms with van der Waals surface area (Å²) in [5, 5.41) is 17.7. The molecule has 0 atom stereocenters. The molecule has 0 fully saturated rings. The Labute approximate surface area is 158 Å². The van der Waals surface area contributed by atoms with Gasteiger partial charge < -0.3 is 10.4 Å². The number of hydrogen-bond acceptors (Lipinski definition) is 5. The van der Waals surface area contributed by atoms with Crippen LogP contribution in [0.4, 0.5) is 5.13 Å². The number of aromatic hydroxyl groups is 1. The van der Waals surface area contributed by atoms with Gasteiger partial charge >= 0.3 is 0 Å². The number of carbonyl (C=O) groups excluding carboxylic acids is 1. The molecule has 1 aromatic heterocycles. The first-order valence-electron chi connectivity index (χ1n) is 7.80. The quantitative estimate of drug-likeness (QED) is 0.453. The summed E-state index contributed by atoms with van der Waals surface area (Å²) < 4.78 is 0.829. The maximum atomic E-state index is 12.6. The molecule has 0 bridgehead atoms. The standard InChI is InChI=1S/C19H13N3O2S2/c23-12-8-9-15-16(10-12)26-19(20-15)22-18(25)21-17(24)14-7-3-5-11-4-1-2-6-13(11)14/h1-10,23H,(H2,20,21,22,24,25). The van der Waals surface area contributed by atoms with Crippen molar-refractivity contribution in [2.75, 3.05) is 5.32 Å². The smallest absolute Gasteiger partial charge is 0.258 e. The van der Waals surface area contributed by atoms with E-state index in [9.17, 15) is 9.90 Å². The zero-order valence-electron chi connectivity index (χ0n) is 13.4. The molecule has 0 aliphatic rings. The molecule has 1 amide bonds. The van der Waals surface area contributed by atoms with Crippen LogP contribution in [0.15, 0.2) is 60.7 Å². The van der Waals surface area contributed by atoms with Crippen LogP contribution in [0.2, 0.25) is 0 Å². The van der Waals surface area contributed by atoms with Crippen LogP contribution in [0.3, 0.4) is 0 Å². The Morgan fingerprint density at radius 3 is 2.77 bits per heavy atom. The predicted molar refractivity (Wildman–Crippen MR) is 109 cm³/mol. The molecule has 26 heavy (non-hydrogen) atoms. The summed E-state index contributed by atoms with van der Waals surface area (Å²) in [6, 6.07) is 18.2. The van der Waals surface area contributed by atoms with E-state index in [1.54, 1.807) is 24.3 Å². The molecule has 0 spiro atoms. The van der Waals surface area contributed by atoms with Crippen molar-refractivity contribution in [2.45, 2.75) is 0 Å². The molecule has 0 unspecified atom stereocenters. The molecule has 0 radical (unpaired) electrons. The summed E-state index contributed by atoms with van der Waals surface area (Å²) in [5.41, 5.74) is 1.31. The Balaban J connectivity index is 1.52. The zero-order valence-corrected chi connectivity index (χ0v) is 15.0. The fourth-order valence-corrected chi connectivity index (χ4v) is 3.85. The molecular weight excluding hydrogens is 366 g/mol. The number of rotatable bonds is 2. The number of phenols is 1. The Kier molecular flexibility index (Phi) is 4.24. The minimum absolute atomic E-state index is 0.172. The number of nitrogens with zero attached hydrogens (tertiary/aromatic N) is 1. The number of hydrogen-bond donors (Lipinski definition) is 3. The number of carbonyl (C=O) groups is 1. The number of amides is 1. The van der Waals surface area contributed by atoms with Crippen molar-refractivity contribution in [3.63, 3.8) is 0 Å². The van der Waals surface area contributed by atoms with Gasteiger partial charge in [-0.1, -0.05) is 47.7 Å². The van der Waals surface area contributed by atoms with Crippen molar-refractivity contribution in [3.05, 3.63) is 66.2 Å². The third kappa shape index (κ3) is 3.22. The van der Waals surface area contributed by atoms with Crippen molar-refractivity contribution in [3.8, 4) is 5.75 Å². The minimum atomic E-state index is -0.280. The highest BCUT2D eigenvalue weighted by Gasteiger charge is 2.12. The molecule has 0 aliphatic heterocycles. The molecule has 5 nitrogen and oxygen atoms in total. The molecule has 0 saturated carbocycles. The van der Waals surface area contributed by atoms with Crippen molar-refractivity contribution in [1.82, 2.24) is 10.3 Å². The summed E-state index contributed by atoms with van der Waals surface area (Å²) in [4.78, 5) is 17.0. The molecule has 3 aromatic carbocycles. The van der Waals surface area contributed by atoms with E-state index in [0.717, 1.165) is 21.0 Å². The van der Waals surface area contributed by atoms with Crippen molar-refractivity contribution in [1.29, 1.82) is 0 Å². The summed E-state index contributed by atoms with van der Waals surface area (Å²) in [7, 11) is 0. The van der Waals surface area contributed by atoms with Gasteiger partial charge in [0.15, 0.2) is 10.2 Å². The van der Waals surface area contributed by atoms with Gasteiger partial charge in [0.1, 0.15) is 5.75 Å². The van der Waals surface area contributed by atoms with Gasteiger partial charge in [0.05, 0.1) is 10.2 Å². The van der Waals surface area contributed by atoms with Crippen molar-refractivity contribution >= 4 is 60.7 Å². The lowest BCUT2D eigenvalue weighted by Gasteiger charge is -2.09. The topological polar surface area (TPSA) is 74.2 Å². The number of benzene rings is 3. The number of nitrogens with one attached hydrogen (secondary N) is 2. The summed E-state index contributed by atoms with van der Waals surface area (Å²) >= 11 is 6.58. The summed E-state index contributed by atoms with van der Waals surface area (Å²) in [6.07, 6.45) is 0. The predicted octanol–water partition coefficient (Wildman–Crippen LogP) is 4.28. The van der Waals surface area contributed by atoms with E-state index in [2.05, 4.69) is 15.6 Å². The van der Waals surface area contributed by atoms with E-state index in [1.165, 1.54) is 11.3 Å². The van der Waals surface area contributed by atoms with E-state index < -0.39 is 0 Å². The first-order valence-corrected chi connectivity index (χ1v) is 9.02. The Morgan fingerprint density at radius 2 is 1.88 bits per heavy atom. The SMILES string of the molecule is O=C(NC(=S)Nc1nc2ccc(O)cc2s1)c1cccc2ccccc12. The third-order valence-electron chi connectivity index (χ3n) is 3.85. The molecule has 3 N–H and O–H groups in total. The van der Waals surface area contributed by atoms with Crippen molar-refractivity contribution in [2.24, 2.45) is 0 Å². The second kappa shape index (κ2) is 6.70. The van der Waals surface area contributed by atoms with Gasteiger partial charge in [-0.2, -0.15) is 0 Å². The maximum absolute atomic E-state index is 12.6. The third-order valence-corrected chi connectivity index (χ3v) is 4.99. The average molecular weight is 379 g/mol. The molecule has 0 aliphatic carbocycles. The molecule has 4 rings (SSSR count). The van der Waals surface area contributed by atoms with E-state index in [0.29, 0.717) is 10.7 Å². The lowest BCUT2D eigenvalue weighted by atomic mass is 10.0. The molecule has 7 heteroatoms. The molecule has 128 valence electrons.